The van der Waals surface area contributed by atoms with Crippen molar-refractivity contribution in [1.82, 2.24) is 10.4 Å². The number of ether oxygens (including phenoxy) is 1. The summed E-state index contributed by atoms with van der Waals surface area (Å²) in [6.45, 7) is 5.87. The molecule has 0 spiro atoms. The maximum atomic E-state index is 12.6. The van der Waals surface area contributed by atoms with Crippen molar-refractivity contribution in [2.45, 2.75) is 33.2 Å². The average Bonchev–Trinajstić information content (AvgIpc) is 3.19. The first-order valence-corrected chi connectivity index (χ1v) is 11.7. The zero-order chi connectivity index (χ0) is 21.7. The van der Waals surface area contributed by atoms with Gasteiger partial charge in [0.15, 0.2) is 0 Å². The highest BCUT2D eigenvalue weighted by atomic mass is 32.2. The fraction of sp³-hybridized carbons (Fsp3) is 0.318. The molecule has 2 N–H and O–H groups in total. The van der Waals surface area contributed by atoms with Crippen LogP contribution in [0.3, 0.4) is 0 Å². The molecule has 2 aromatic rings. The zero-order valence-electron chi connectivity index (χ0n) is 17.4. The molecule has 160 valence electrons. The van der Waals surface area contributed by atoms with Gasteiger partial charge >= 0.3 is 0 Å². The largest absolute Gasteiger partial charge is 0.494 e. The molecule has 1 unspecified atom stereocenters. The molecule has 2 aromatic carbocycles. The predicted molar refractivity (Wildman–Crippen MR) is 118 cm³/mol. The van der Waals surface area contributed by atoms with Crippen LogP contribution in [0.2, 0.25) is 0 Å². The van der Waals surface area contributed by atoms with Crippen LogP contribution in [0.1, 0.15) is 44.4 Å². The predicted octanol–water partition coefficient (Wildman–Crippen LogP) is 3.69. The maximum Gasteiger partial charge on any atom is 0.241 e. The van der Waals surface area contributed by atoms with Gasteiger partial charge in [0.1, 0.15) is 11.8 Å². The number of nitrogens with zero attached hydrogens (tertiary/aromatic N) is 1. The molecule has 0 aliphatic carbocycles. The van der Waals surface area contributed by atoms with Gasteiger partial charge in [0.2, 0.25) is 15.9 Å². The summed E-state index contributed by atoms with van der Waals surface area (Å²) < 4.78 is 31.8. The van der Waals surface area contributed by atoms with Crippen LogP contribution in [0.5, 0.6) is 5.75 Å². The van der Waals surface area contributed by atoms with Crippen LogP contribution >= 0.6 is 0 Å². The van der Waals surface area contributed by atoms with E-state index in [4.69, 9.17) is 4.74 Å². The summed E-state index contributed by atoms with van der Waals surface area (Å²) in [7, 11) is -3.33. The number of sulfonamides is 1. The van der Waals surface area contributed by atoms with E-state index in [2.05, 4.69) is 10.1 Å². The summed E-state index contributed by atoms with van der Waals surface area (Å²) in [5.41, 5.74) is 6.23. The lowest BCUT2D eigenvalue weighted by atomic mass is 10.0. The number of hydrogen-bond donors (Lipinski definition) is 2. The molecule has 0 saturated carbocycles. The van der Waals surface area contributed by atoms with E-state index in [1.807, 2.05) is 56.3 Å². The fourth-order valence-corrected chi connectivity index (χ4v) is 3.87. The molecule has 8 heteroatoms. The molecule has 1 aliphatic heterocycles. The summed E-state index contributed by atoms with van der Waals surface area (Å²) in [5, 5.41) is 1.61. The van der Waals surface area contributed by atoms with E-state index < -0.39 is 10.0 Å². The Bertz CT molecular complexity index is 1030. The molecule has 1 heterocycles. The molecule has 0 bridgehead atoms. The smallest absolute Gasteiger partial charge is 0.241 e. The Labute approximate surface area is 177 Å². The molecular formula is C22H27N3O4S. The molecular weight excluding hydrogens is 402 g/mol. The van der Waals surface area contributed by atoms with Crippen LogP contribution in [0.4, 0.5) is 5.69 Å². The van der Waals surface area contributed by atoms with Crippen LogP contribution in [-0.2, 0) is 14.8 Å². The lowest BCUT2D eigenvalue weighted by Crippen LogP contribution is -2.39. The van der Waals surface area contributed by atoms with Gasteiger partial charge in [0, 0.05) is 17.7 Å². The Morgan fingerprint density at radius 3 is 2.43 bits per heavy atom. The first-order valence-electron chi connectivity index (χ1n) is 10.0. The van der Waals surface area contributed by atoms with Crippen molar-refractivity contribution in [1.29, 1.82) is 0 Å². The number of rotatable bonds is 8. The highest BCUT2D eigenvalue weighted by molar-refractivity contribution is 7.92. The van der Waals surface area contributed by atoms with Gasteiger partial charge in [-0.1, -0.05) is 37.3 Å². The Morgan fingerprint density at radius 2 is 1.80 bits per heavy atom. The van der Waals surface area contributed by atoms with Crippen molar-refractivity contribution in [3.63, 3.8) is 0 Å². The lowest BCUT2D eigenvalue weighted by molar-refractivity contribution is -0.134. The van der Waals surface area contributed by atoms with E-state index in [0.717, 1.165) is 22.6 Å². The number of anilines is 1. The van der Waals surface area contributed by atoms with Gasteiger partial charge in [0.05, 0.1) is 18.1 Å². The molecule has 30 heavy (non-hydrogen) atoms. The van der Waals surface area contributed by atoms with Gasteiger partial charge in [-0.25, -0.2) is 13.4 Å². The molecule has 3 rings (SSSR count). The number of carbonyl (C=O) groups excluding carboxylic acids is 1. The monoisotopic (exact) mass is 429 g/mol. The Hall–Kier alpha value is -3.00. The number of carbonyl (C=O) groups is 1. The number of para-hydroxylation sites is 1. The SMILES string of the molecule is CCOc1ccccc1C1C=C(c2ccc(NS(=O)(=O)CC)cc2)NN1C(=O)CC. The van der Waals surface area contributed by atoms with E-state index in [1.165, 1.54) is 0 Å². The fourth-order valence-electron chi connectivity index (χ4n) is 3.23. The first kappa shape index (κ1) is 21.7. The molecule has 7 nitrogen and oxygen atoms in total. The Balaban J connectivity index is 1.92. The van der Waals surface area contributed by atoms with Crippen molar-refractivity contribution in [3.05, 3.63) is 65.7 Å². The molecule has 0 fully saturated rings. The minimum Gasteiger partial charge on any atom is -0.494 e. The summed E-state index contributed by atoms with van der Waals surface area (Å²) in [6, 6.07) is 14.4. The number of nitrogens with one attached hydrogen (secondary N) is 2. The van der Waals surface area contributed by atoms with E-state index in [-0.39, 0.29) is 17.7 Å². The summed E-state index contributed by atoms with van der Waals surface area (Å²) >= 11 is 0. The molecule has 1 atom stereocenters. The Kier molecular flexibility index (Phi) is 6.66. The number of amides is 1. The van der Waals surface area contributed by atoms with Crippen LogP contribution in [0.15, 0.2) is 54.6 Å². The van der Waals surface area contributed by atoms with Crippen molar-refractivity contribution in [3.8, 4) is 5.75 Å². The van der Waals surface area contributed by atoms with E-state index in [0.29, 0.717) is 18.7 Å². The second-order valence-electron chi connectivity index (χ2n) is 6.81. The topological polar surface area (TPSA) is 87.7 Å². The third kappa shape index (κ3) is 4.76. The molecule has 0 radical (unpaired) electrons. The number of hydrazine groups is 1. The first-order chi connectivity index (χ1) is 14.4. The minimum atomic E-state index is -3.33. The van der Waals surface area contributed by atoms with E-state index in [1.54, 1.807) is 24.1 Å². The normalized spacial score (nSPS) is 16.0. The zero-order valence-corrected chi connectivity index (χ0v) is 18.2. The van der Waals surface area contributed by atoms with Crippen LogP contribution in [0.25, 0.3) is 5.70 Å². The van der Waals surface area contributed by atoms with Crippen LogP contribution in [0, 0.1) is 0 Å². The molecule has 1 amide bonds. The van der Waals surface area contributed by atoms with Gasteiger partial charge < -0.3 is 4.74 Å². The summed E-state index contributed by atoms with van der Waals surface area (Å²) in [4.78, 5) is 12.6. The highest BCUT2D eigenvalue weighted by Crippen LogP contribution is 2.36. The molecule has 0 saturated heterocycles. The van der Waals surface area contributed by atoms with Crippen molar-refractivity contribution < 1.29 is 17.9 Å². The van der Waals surface area contributed by atoms with Crippen molar-refractivity contribution >= 4 is 27.3 Å². The quantitative estimate of drug-likeness (QED) is 0.668. The third-order valence-electron chi connectivity index (χ3n) is 4.80. The van der Waals surface area contributed by atoms with Gasteiger partial charge in [-0.3, -0.25) is 14.9 Å². The van der Waals surface area contributed by atoms with E-state index >= 15 is 0 Å². The number of hydrogen-bond acceptors (Lipinski definition) is 5. The van der Waals surface area contributed by atoms with Gasteiger partial charge in [-0.15, -0.1) is 0 Å². The Morgan fingerprint density at radius 1 is 1.10 bits per heavy atom. The van der Waals surface area contributed by atoms with Crippen LogP contribution in [-0.4, -0.2) is 31.7 Å². The maximum absolute atomic E-state index is 12.6. The lowest BCUT2D eigenvalue weighted by Gasteiger charge is -2.26. The van der Waals surface area contributed by atoms with Gasteiger partial charge in [-0.05, 0) is 43.7 Å². The standard InChI is InChI=1S/C22H27N3O4S/c1-4-22(26)25-20(18-9-7-8-10-21(18)29-5-2)15-19(23-25)16-11-13-17(14-12-16)24-30(27,28)6-3/h7-15,20,23-24H,4-6H2,1-3H3. The van der Waals surface area contributed by atoms with Crippen LogP contribution < -0.4 is 14.9 Å². The van der Waals surface area contributed by atoms with Crippen molar-refractivity contribution in [2.75, 3.05) is 17.1 Å². The third-order valence-corrected chi connectivity index (χ3v) is 6.11. The number of benzene rings is 2. The summed E-state index contributed by atoms with van der Waals surface area (Å²) in [5.74, 6) is 0.712. The van der Waals surface area contributed by atoms with Gasteiger partial charge in [-0.2, -0.15) is 0 Å². The van der Waals surface area contributed by atoms with E-state index in [9.17, 15) is 13.2 Å². The minimum absolute atomic E-state index is 0.0104. The second-order valence-corrected chi connectivity index (χ2v) is 8.82. The molecule has 1 aliphatic rings. The second kappa shape index (κ2) is 9.21. The average molecular weight is 430 g/mol. The van der Waals surface area contributed by atoms with Crippen molar-refractivity contribution in [2.24, 2.45) is 0 Å². The summed E-state index contributed by atoms with van der Waals surface area (Å²) in [6.07, 6.45) is 2.34. The highest BCUT2D eigenvalue weighted by Gasteiger charge is 2.31. The van der Waals surface area contributed by atoms with Gasteiger partial charge in [0.25, 0.3) is 0 Å². The molecule has 0 aromatic heterocycles.